The molecule has 0 spiro atoms. The minimum atomic E-state index is 0.458. The number of aromatic nitrogens is 1. The van der Waals surface area contributed by atoms with Crippen LogP contribution in [0.2, 0.25) is 0 Å². The van der Waals surface area contributed by atoms with E-state index in [2.05, 4.69) is 8.92 Å². The Labute approximate surface area is 36.6 Å². The predicted molar refractivity (Wildman–Crippen MR) is 21.2 cm³/mol. The van der Waals surface area contributed by atoms with E-state index in [0.717, 1.165) is 0 Å². The Bertz CT molecular complexity index is 63.4. The van der Waals surface area contributed by atoms with Crippen molar-refractivity contribution in [2.45, 2.75) is 0 Å². The van der Waals surface area contributed by atoms with Gasteiger partial charge in [-0.25, -0.2) is 0 Å². The van der Waals surface area contributed by atoms with Crippen LogP contribution in [-0.4, -0.2) is 18.7 Å². The molecule has 0 aromatic carbocycles. The van der Waals surface area contributed by atoms with Crippen LogP contribution in [0.15, 0.2) is 17.2 Å². The third kappa shape index (κ3) is 0.602. The van der Waals surface area contributed by atoms with Crippen LogP contribution in [0.4, 0.5) is 0 Å². The summed E-state index contributed by atoms with van der Waals surface area (Å²) < 4.78 is 3.91. The van der Waals surface area contributed by atoms with Gasteiger partial charge in [-0.2, -0.15) is 0 Å². The van der Waals surface area contributed by atoms with Gasteiger partial charge in [-0.15, -0.1) is 0 Å². The first kappa shape index (κ1) is 3.13. The molecular weight excluding hydrogens is 129 g/mol. The number of rotatable bonds is 0. The molecule has 5 heavy (non-hydrogen) atoms. The molecule has 0 bridgehead atoms. The molecule has 1 heterocycles. The van der Waals surface area contributed by atoms with Crippen molar-refractivity contribution in [3.8, 4) is 0 Å². The van der Waals surface area contributed by atoms with Crippen LogP contribution in [0, 0.1) is 0 Å². The molecular formula is C3H3NSe. The zero-order valence-corrected chi connectivity index (χ0v) is 4.30. The van der Waals surface area contributed by atoms with E-state index in [1.807, 2.05) is 12.3 Å². The SMILES string of the molecule is c1cn[se]c1. The molecule has 1 aromatic heterocycles. The molecule has 0 amide bonds. The zero-order chi connectivity index (χ0) is 3.54. The Morgan fingerprint density at radius 1 is 1.60 bits per heavy atom. The van der Waals surface area contributed by atoms with Crippen molar-refractivity contribution in [2.24, 2.45) is 0 Å². The van der Waals surface area contributed by atoms with Crippen molar-refractivity contribution in [3.05, 3.63) is 17.2 Å². The molecule has 0 saturated heterocycles. The molecule has 0 aliphatic heterocycles. The summed E-state index contributed by atoms with van der Waals surface area (Å²) in [5.41, 5.74) is 0. The molecule has 2 heteroatoms. The van der Waals surface area contributed by atoms with Gasteiger partial charge in [-0.3, -0.25) is 0 Å². The molecule has 0 aliphatic carbocycles. The summed E-state index contributed by atoms with van der Waals surface area (Å²) >= 11 is 0.458. The van der Waals surface area contributed by atoms with Crippen molar-refractivity contribution in [3.63, 3.8) is 0 Å². The van der Waals surface area contributed by atoms with Crippen molar-refractivity contribution >= 4 is 14.7 Å². The van der Waals surface area contributed by atoms with E-state index >= 15 is 0 Å². The van der Waals surface area contributed by atoms with Gasteiger partial charge in [0.05, 0.1) is 0 Å². The number of hydrogen-bond donors (Lipinski definition) is 0. The fourth-order valence-electron chi connectivity index (χ4n) is 0.176. The van der Waals surface area contributed by atoms with Gasteiger partial charge < -0.3 is 0 Å². The average Bonchev–Trinajstić information content (AvgIpc) is 1.76. The van der Waals surface area contributed by atoms with Gasteiger partial charge in [0.2, 0.25) is 0 Å². The van der Waals surface area contributed by atoms with Gasteiger partial charge in [-0.1, -0.05) is 0 Å². The minimum absolute atomic E-state index is 0.458. The fourth-order valence-corrected chi connectivity index (χ4v) is 0.913. The van der Waals surface area contributed by atoms with E-state index in [4.69, 9.17) is 0 Å². The summed E-state index contributed by atoms with van der Waals surface area (Å²) in [5, 5.41) is 0. The quantitative estimate of drug-likeness (QED) is 0.457. The van der Waals surface area contributed by atoms with E-state index in [1.54, 1.807) is 0 Å². The molecule has 0 atom stereocenters. The predicted octanol–water partition coefficient (Wildman–Crippen LogP) is 0.139. The molecule has 0 saturated carbocycles. The first-order chi connectivity index (χ1) is 2.50. The summed E-state index contributed by atoms with van der Waals surface area (Å²) in [6.45, 7) is 0. The van der Waals surface area contributed by atoms with Crippen molar-refractivity contribution in [2.75, 3.05) is 0 Å². The first-order valence-corrected chi connectivity index (χ1v) is 3.10. The van der Waals surface area contributed by atoms with Crippen LogP contribution >= 0.6 is 0 Å². The van der Waals surface area contributed by atoms with Crippen LogP contribution in [0.5, 0.6) is 0 Å². The van der Waals surface area contributed by atoms with Crippen molar-refractivity contribution in [1.82, 2.24) is 3.98 Å². The van der Waals surface area contributed by atoms with E-state index in [1.165, 1.54) is 0 Å². The third-order valence-electron chi connectivity index (χ3n) is 0.347. The van der Waals surface area contributed by atoms with E-state index in [9.17, 15) is 0 Å². The van der Waals surface area contributed by atoms with Gasteiger partial charge in [-0.05, 0) is 0 Å². The van der Waals surface area contributed by atoms with Crippen molar-refractivity contribution < 1.29 is 0 Å². The standard InChI is InChI=1S/C3H3NSe/c1-2-4-5-3-1/h1-3H. The van der Waals surface area contributed by atoms with Gasteiger partial charge in [0, 0.05) is 0 Å². The summed E-state index contributed by atoms with van der Waals surface area (Å²) in [5.74, 6) is 0. The summed E-state index contributed by atoms with van der Waals surface area (Å²) in [4.78, 5) is 2.08. The van der Waals surface area contributed by atoms with E-state index in [-0.39, 0.29) is 0 Å². The second kappa shape index (κ2) is 1.39. The normalized spacial score (nSPS) is 8.00. The zero-order valence-electron chi connectivity index (χ0n) is 2.59. The molecule has 1 rings (SSSR count). The number of hydrogen-bond acceptors (Lipinski definition) is 1. The van der Waals surface area contributed by atoms with Gasteiger partial charge in [0.15, 0.2) is 0 Å². The molecule has 0 unspecified atom stereocenters. The Morgan fingerprint density at radius 2 is 2.60 bits per heavy atom. The molecule has 0 radical (unpaired) electrons. The molecule has 1 nitrogen and oxygen atoms in total. The first-order valence-electron chi connectivity index (χ1n) is 1.34. The monoisotopic (exact) mass is 133 g/mol. The summed E-state index contributed by atoms with van der Waals surface area (Å²) in [7, 11) is 0. The van der Waals surface area contributed by atoms with E-state index in [0.29, 0.717) is 14.7 Å². The van der Waals surface area contributed by atoms with Crippen LogP contribution in [-0.2, 0) is 0 Å². The fraction of sp³-hybridized carbons (Fsp3) is 0. The Balaban J connectivity index is 3.13. The average molecular weight is 132 g/mol. The Morgan fingerprint density at radius 3 is 2.80 bits per heavy atom. The van der Waals surface area contributed by atoms with E-state index < -0.39 is 0 Å². The maximum atomic E-state index is 3.91. The topological polar surface area (TPSA) is 12.9 Å². The second-order valence-electron chi connectivity index (χ2n) is 0.688. The summed E-state index contributed by atoms with van der Waals surface area (Å²) in [6.07, 6.45) is 1.83. The third-order valence-corrected chi connectivity index (χ3v) is 1.44. The van der Waals surface area contributed by atoms with Crippen LogP contribution in [0.1, 0.15) is 0 Å². The molecule has 26 valence electrons. The van der Waals surface area contributed by atoms with Crippen LogP contribution in [0.25, 0.3) is 0 Å². The van der Waals surface area contributed by atoms with Gasteiger partial charge in [0.1, 0.15) is 0 Å². The van der Waals surface area contributed by atoms with Gasteiger partial charge >= 0.3 is 35.9 Å². The van der Waals surface area contributed by atoms with Gasteiger partial charge in [0.25, 0.3) is 0 Å². The molecule has 0 fully saturated rings. The van der Waals surface area contributed by atoms with Crippen molar-refractivity contribution in [1.29, 1.82) is 0 Å². The number of nitrogens with zero attached hydrogens (tertiary/aromatic N) is 1. The second-order valence-corrected chi connectivity index (χ2v) is 2.14. The Kier molecular flexibility index (Phi) is 0.869. The summed E-state index contributed by atoms with van der Waals surface area (Å²) in [6, 6.07) is 1.97. The van der Waals surface area contributed by atoms with Crippen LogP contribution < -0.4 is 0 Å². The molecule has 1 aromatic rings. The van der Waals surface area contributed by atoms with Crippen LogP contribution in [0.3, 0.4) is 0 Å². The maximum absolute atomic E-state index is 3.91. The Hall–Kier alpha value is -0.0705. The molecule has 0 N–H and O–H groups in total. The molecule has 0 aliphatic rings.